The lowest BCUT2D eigenvalue weighted by Crippen LogP contribution is -2.31. The van der Waals surface area contributed by atoms with Crippen molar-refractivity contribution in [3.8, 4) is 11.5 Å². The van der Waals surface area contributed by atoms with E-state index in [4.69, 9.17) is 9.47 Å². The summed E-state index contributed by atoms with van der Waals surface area (Å²) in [6, 6.07) is 5.10. The zero-order chi connectivity index (χ0) is 16.1. The third-order valence-electron chi connectivity index (χ3n) is 4.37. The summed E-state index contributed by atoms with van der Waals surface area (Å²) < 4.78 is 11.3. The lowest BCUT2D eigenvalue weighted by molar-refractivity contribution is 0.203. The number of ether oxygens (including phenoxy) is 2. The van der Waals surface area contributed by atoms with Crippen molar-refractivity contribution in [2.75, 3.05) is 33.4 Å². The molecule has 3 rings (SSSR count). The van der Waals surface area contributed by atoms with Gasteiger partial charge in [-0.15, -0.1) is 0 Å². The van der Waals surface area contributed by atoms with Crippen LogP contribution in [0.5, 0.6) is 11.5 Å². The van der Waals surface area contributed by atoms with Crippen LogP contribution >= 0.6 is 0 Å². The maximum atomic E-state index is 11.9. The average molecular weight is 316 g/mol. The molecule has 0 bridgehead atoms. The van der Waals surface area contributed by atoms with Crippen molar-refractivity contribution in [1.82, 2.24) is 9.88 Å². The Bertz CT molecular complexity index is 705. The predicted molar refractivity (Wildman–Crippen MR) is 91.5 cm³/mol. The van der Waals surface area contributed by atoms with Crippen LogP contribution in [0.1, 0.15) is 25.7 Å². The monoisotopic (exact) mass is 316 g/mol. The van der Waals surface area contributed by atoms with Gasteiger partial charge in [0.05, 0.1) is 19.2 Å². The number of hydrogen-bond donors (Lipinski definition) is 1. The van der Waals surface area contributed by atoms with E-state index in [9.17, 15) is 4.79 Å². The van der Waals surface area contributed by atoms with Crippen molar-refractivity contribution in [2.24, 2.45) is 0 Å². The van der Waals surface area contributed by atoms with Crippen molar-refractivity contribution in [1.29, 1.82) is 0 Å². The van der Waals surface area contributed by atoms with E-state index in [0.29, 0.717) is 23.5 Å². The molecule has 124 valence electrons. The van der Waals surface area contributed by atoms with E-state index in [1.807, 2.05) is 6.07 Å². The summed E-state index contributed by atoms with van der Waals surface area (Å²) in [4.78, 5) is 17.5. The van der Waals surface area contributed by atoms with Crippen LogP contribution in [-0.4, -0.2) is 43.2 Å². The second-order valence-corrected chi connectivity index (χ2v) is 5.99. The van der Waals surface area contributed by atoms with Crippen molar-refractivity contribution in [2.45, 2.75) is 25.7 Å². The van der Waals surface area contributed by atoms with Gasteiger partial charge >= 0.3 is 0 Å². The van der Waals surface area contributed by atoms with E-state index in [-0.39, 0.29) is 5.43 Å². The Hall–Kier alpha value is -2.01. The minimum atomic E-state index is -0.0197. The van der Waals surface area contributed by atoms with Gasteiger partial charge in [-0.05, 0) is 38.4 Å². The molecule has 1 aliphatic rings. The summed E-state index contributed by atoms with van der Waals surface area (Å²) in [5, 5.41) is 0.616. The fraction of sp³-hybridized carbons (Fsp3) is 0.500. The van der Waals surface area contributed by atoms with Gasteiger partial charge in [0.15, 0.2) is 16.9 Å². The molecule has 0 unspecified atom stereocenters. The maximum absolute atomic E-state index is 11.9. The second kappa shape index (κ2) is 7.51. The van der Waals surface area contributed by atoms with Crippen LogP contribution in [0.3, 0.4) is 0 Å². The number of H-pyrrole nitrogens is 1. The van der Waals surface area contributed by atoms with Gasteiger partial charge < -0.3 is 19.4 Å². The first-order valence-electron chi connectivity index (χ1n) is 8.32. The topological polar surface area (TPSA) is 54.6 Å². The lowest BCUT2D eigenvalue weighted by atomic mass is 10.1. The third-order valence-corrected chi connectivity index (χ3v) is 4.37. The molecule has 0 amide bonds. The molecule has 1 saturated heterocycles. The lowest BCUT2D eigenvalue weighted by Gasteiger charge is -2.26. The zero-order valence-corrected chi connectivity index (χ0v) is 13.6. The number of nitrogens with one attached hydrogen (secondary N) is 1. The van der Waals surface area contributed by atoms with Crippen LogP contribution in [0.2, 0.25) is 0 Å². The van der Waals surface area contributed by atoms with E-state index >= 15 is 0 Å². The van der Waals surface area contributed by atoms with Crippen molar-refractivity contribution in [3.05, 3.63) is 34.6 Å². The first-order valence-corrected chi connectivity index (χ1v) is 8.32. The number of fused-ring (bicyclic) bond motifs is 1. The van der Waals surface area contributed by atoms with E-state index in [0.717, 1.165) is 18.5 Å². The summed E-state index contributed by atoms with van der Waals surface area (Å²) in [7, 11) is 1.60. The van der Waals surface area contributed by atoms with Crippen molar-refractivity contribution < 1.29 is 9.47 Å². The first kappa shape index (κ1) is 15.9. The van der Waals surface area contributed by atoms with Gasteiger partial charge in [0.1, 0.15) is 0 Å². The standard InChI is InChI=1S/C18H24N2O3/c1-22-17-12-14-15(19-7-6-16(14)21)13-18(17)23-11-5-10-20-8-3-2-4-9-20/h6-7,12-13H,2-5,8-11H2,1H3,(H,19,21). The number of nitrogens with zero attached hydrogens (tertiary/aromatic N) is 1. The number of pyridine rings is 1. The summed E-state index contributed by atoms with van der Waals surface area (Å²) in [6.07, 6.45) is 6.63. The van der Waals surface area contributed by atoms with Crippen molar-refractivity contribution >= 4 is 10.9 Å². The number of hydrogen-bond acceptors (Lipinski definition) is 4. The minimum Gasteiger partial charge on any atom is -0.493 e. The molecule has 0 spiro atoms. The summed E-state index contributed by atoms with van der Waals surface area (Å²) in [5.74, 6) is 1.28. The number of aromatic nitrogens is 1. The van der Waals surface area contributed by atoms with Crippen LogP contribution in [0, 0.1) is 0 Å². The fourth-order valence-corrected chi connectivity index (χ4v) is 3.11. The van der Waals surface area contributed by atoms with Crippen LogP contribution in [0.25, 0.3) is 10.9 Å². The molecule has 0 radical (unpaired) electrons. The number of aromatic amines is 1. The Morgan fingerprint density at radius 3 is 2.78 bits per heavy atom. The normalized spacial score (nSPS) is 15.7. The molecule has 0 saturated carbocycles. The molecular weight excluding hydrogens is 292 g/mol. The molecule has 1 N–H and O–H groups in total. The van der Waals surface area contributed by atoms with Gasteiger partial charge in [-0.2, -0.15) is 0 Å². The van der Waals surface area contributed by atoms with Gasteiger partial charge in [0.2, 0.25) is 0 Å². The molecule has 2 heterocycles. The van der Waals surface area contributed by atoms with Gasteiger partial charge in [0, 0.05) is 30.3 Å². The molecule has 1 aromatic carbocycles. The molecule has 0 aliphatic carbocycles. The smallest absolute Gasteiger partial charge is 0.189 e. The van der Waals surface area contributed by atoms with Crippen LogP contribution in [0.15, 0.2) is 29.2 Å². The van der Waals surface area contributed by atoms with Crippen LogP contribution < -0.4 is 14.9 Å². The Balaban J connectivity index is 1.63. The molecule has 1 fully saturated rings. The molecule has 23 heavy (non-hydrogen) atoms. The zero-order valence-electron chi connectivity index (χ0n) is 13.6. The highest BCUT2D eigenvalue weighted by molar-refractivity contribution is 5.82. The number of rotatable bonds is 6. The molecule has 1 aromatic heterocycles. The van der Waals surface area contributed by atoms with Crippen LogP contribution in [0.4, 0.5) is 0 Å². The Morgan fingerprint density at radius 1 is 1.17 bits per heavy atom. The van der Waals surface area contributed by atoms with E-state index in [1.54, 1.807) is 19.4 Å². The van der Waals surface area contributed by atoms with E-state index in [1.165, 1.54) is 38.4 Å². The minimum absolute atomic E-state index is 0.0197. The highest BCUT2D eigenvalue weighted by Crippen LogP contribution is 2.30. The Morgan fingerprint density at radius 2 is 2.00 bits per heavy atom. The molecule has 2 aromatic rings. The number of methoxy groups -OCH3 is 1. The molecule has 0 atom stereocenters. The Labute approximate surface area is 136 Å². The largest absolute Gasteiger partial charge is 0.493 e. The highest BCUT2D eigenvalue weighted by atomic mass is 16.5. The van der Waals surface area contributed by atoms with Gasteiger partial charge in [-0.1, -0.05) is 6.42 Å². The SMILES string of the molecule is COc1cc2c(=O)cc[nH]c2cc1OCCCN1CCCCC1. The third kappa shape index (κ3) is 3.85. The number of piperidine rings is 1. The fourth-order valence-electron chi connectivity index (χ4n) is 3.11. The maximum Gasteiger partial charge on any atom is 0.189 e. The van der Waals surface area contributed by atoms with Crippen LogP contribution in [-0.2, 0) is 0 Å². The van der Waals surface area contributed by atoms with Gasteiger partial charge in [-0.3, -0.25) is 4.79 Å². The van der Waals surface area contributed by atoms with Gasteiger partial charge in [-0.25, -0.2) is 0 Å². The van der Waals surface area contributed by atoms with Crippen molar-refractivity contribution in [3.63, 3.8) is 0 Å². The molecular formula is C18H24N2O3. The molecule has 1 aliphatic heterocycles. The predicted octanol–water partition coefficient (Wildman–Crippen LogP) is 2.79. The van der Waals surface area contributed by atoms with E-state index in [2.05, 4.69) is 9.88 Å². The first-order chi connectivity index (χ1) is 11.3. The van der Waals surface area contributed by atoms with Gasteiger partial charge in [0.25, 0.3) is 0 Å². The second-order valence-electron chi connectivity index (χ2n) is 5.99. The van der Waals surface area contributed by atoms with E-state index < -0.39 is 0 Å². The summed E-state index contributed by atoms with van der Waals surface area (Å²) in [6.45, 7) is 4.14. The average Bonchev–Trinajstić information content (AvgIpc) is 2.59. The summed E-state index contributed by atoms with van der Waals surface area (Å²) in [5.41, 5.74) is 0.748. The number of benzene rings is 1. The molecule has 5 nitrogen and oxygen atoms in total. The quantitative estimate of drug-likeness (QED) is 0.833. The molecule has 5 heteroatoms. The number of likely N-dealkylation sites (tertiary alicyclic amines) is 1. The Kier molecular flexibility index (Phi) is 5.18. The summed E-state index contributed by atoms with van der Waals surface area (Å²) >= 11 is 0. The highest BCUT2D eigenvalue weighted by Gasteiger charge is 2.11.